The van der Waals surface area contributed by atoms with Crippen LogP contribution in [0.2, 0.25) is 0 Å². The second kappa shape index (κ2) is 5.74. The van der Waals surface area contributed by atoms with E-state index in [-0.39, 0.29) is 12.4 Å². The fourth-order valence-corrected chi connectivity index (χ4v) is 2.03. The summed E-state index contributed by atoms with van der Waals surface area (Å²) in [5.41, 5.74) is 2.78. The standard InChI is InChI=1S/C16H17NO3/c1-4-20-16(19)14-11(3)17-13(15(14)18)9-12-7-5-10(2)6-8-12/h5-9,14,17H,3-4H2,1-2H3. The zero-order valence-corrected chi connectivity index (χ0v) is 11.6. The Kier molecular flexibility index (Phi) is 4.03. The number of rotatable bonds is 3. The molecule has 4 nitrogen and oxygen atoms in total. The first-order valence-electron chi connectivity index (χ1n) is 6.48. The summed E-state index contributed by atoms with van der Waals surface area (Å²) in [6, 6.07) is 7.75. The highest BCUT2D eigenvalue weighted by atomic mass is 16.5. The molecule has 1 aliphatic rings. The predicted molar refractivity (Wildman–Crippen MR) is 76.6 cm³/mol. The molecule has 0 aromatic heterocycles. The third-order valence-electron chi connectivity index (χ3n) is 3.08. The van der Waals surface area contributed by atoms with E-state index in [4.69, 9.17) is 4.74 Å². The van der Waals surface area contributed by atoms with Gasteiger partial charge in [-0.15, -0.1) is 0 Å². The van der Waals surface area contributed by atoms with E-state index in [1.54, 1.807) is 13.0 Å². The van der Waals surface area contributed by atoms with Crippen molar-refractivity contribution in [2.45, 2.75) is 13.8 Å². The van der Waals surface area contributed by atoms with Crippen molar-refractivity contribution in [2.75, 3.05) is 6.61 Å². The first kappa shape index (κ1) is 14.1. The van der Waals surface area contributed by atoms with Crippen LogP contribution in [0.1, 0.15) is 18.1 Å². The SMILES string of the molecule is C=C1NC(=Cc2ccc(C)cc2)C(=O)C1C(=O)OCC. The summed E-state index contributed by atoms with van der Waals surface area (Å²) < 4.78 is 4.89. The third-order valence-corrected chi connectivity index (χ3v) is 3.08. The van der Waals surface area contributed by atoms with Crippen molar-refractivity contribution in [3.05, 3.63) is 53.4 Å². The van der Waals surface area contributed by atoms with Gasteiger partial charge in [0.15, 0.2) is 11.7 Å². The number of nitrogens with one attached hydrogen (secondary N) is 1. The summed E-state index contributed by atoms with van der Waals surface area (Å²) in [6.07, 6.45) is 1.71. The molecule has 1 heterocycles. The van der Waals surface area contributed by atoms with Crippen LogP contribution in [0, 0.1) is 12.8 Å². The van der Waals surface area contributed by atoms with E-state index in [9.17, 15) is 9.59 Å². The molecule has 4 heteroatoms. The summed E-state index contributed by atoms with van der Waals surface area (Å²) in [5, 5.41) is 2.87. The molecule has 1 N–H and O–H groups in total. The quantitative estimate of drug-likeness (QED) is 0.520. The van der Waals surface area contributed by atoms with Gasteiger partial charge in [-0.05, 0) is 25.5 Å². The molecule has 1 aromatic carbocycles. The number of hydrogen-bond donors (Lipinski definition) is 1. The van der Waals surface area contributed by atoms with Crippen molar-refractivity contribution >= 4 is 17.8 Å². The second-order valence-corrected chi connectivity index (χ2v) is 4.67. The number of ketones is 1. The molecular formula is C16H17NO3. The van der Waals surface area contributed by atoms with Gasteiger partial charge in [0.05, 0.1) is 12.3 Å². The van der Waals surface area contributed by atoms with Crippen molar-refractivity contribution in [3.63, 3.8) is 0 Å². The molecule has 0 aliphatic carbocycles. The normalized spacial score (nSPS) is 20.1. The summed E-state index contributed by atoms with van der Waals surface area (Å²) >= 11 is 0. The fourth-order valence-electron chi connectivity index (χ4n) is 2.03. The molecule has 0 radical (unpaired) electrons. The van der Waals surface area contributed by atoms with Crippen LogP contribution in [-0.2, 0) is 14.3 Å². The van der Waals surface area contributed by atoms with Gasteiger partial charge < -0.3 is 10.1 Å². The maximum atomic E-state index is 12.2. The minimum Gasteiger partial charge on any atom is -0.465 e. The molecule has 1 fully saturated rings. The summed E-state index contributed by atoms with van der Waals surface area (Å²) in [5.74, 6) is -1.79. The molecule has 1 aliphatic heterocycles. The Hall–Kier alpha value is -2.36. The van der Waals surface area contributed by atoms with Gasteiger partial charge in [0, 0.05) is 5.70 Å². The number of esters is 1. The molecule has 0 bridgehead atoms. The van der Waals surface area contributed by atoms with Crippen molar-refractivity contribution in [3.8, 4) is 0 Å². The van der Waals surface area contributed by atoms with Crippen LogP contribution in [0.5, 0.6) is 0 Å². The molecule has 1 saturated heterocycles. The van der Waals surface area contributed by atoms with Crippen LogP contribution in [0.15, 0.2) is 42.2 Å². The monoisotopic (exact) mass is 271 g/mol. The molecule has 2 rings (SSSR count). The molecule has 20 heavy (non-hydrogen) atoms. The van der Waals surface area contributed by atoms with Gasteiger partial charge >= 0.3 is 5.97 Å². The van der Waals surface area contributed by atoms with Gasteiger partial charge in [-0.2, -0.15) is 0 Å². The molecule has 1 unspecified atom stereocenters. The van der Waals surface area contributed by atoms with Crippen LogP contribution in [0.4, 0.5) is 0 Å². The largest absolute Gasteiger partial charge is 0.465 e. The first-order valence-corrected chi connectivity index (χ1v) is 6.48. The molecule has 1 atom stereocenters. The smallest absolute Gasteiger partial charge is 0.322 e. The number of aryl methyl sites for hydroxylation is 1. The lowest BCUT2D eigenvalue weighted by Crippen LogP contribution is -2.23. The number of carbonyl (C=O) groups is 2. The highest BCUT2D eigenvalue weighted by molar-refractivity contribution is 6.14. The number of hydrogen-bond acceptors (Lipinski definition) is 4. The van der Waals surface area contributed by atoms with Crippen molar-refractivity contribution in [1.82, 2.24) is 5.32 Å². The van der Waals surface area contributed by atoms with Crippen molar-refractivity contribution in [2.24, 2.45) is 5.92 Å². The lowest BCUT2D eigenvalue weighted by Gasteiger charge is -2.06. The molecular weight excluding hydrogens is 254 g/mol. The lowest BCUT2D eigenvalue weighted by molar-refractivity contribution is -0.148. The van der Waals surface area contributed by atoms with E-state index in [2.05, 4.69) is 11.9 Å². The first-order chi connectivity index (χ1) is 9.52. The van der Waals surface area contributed by atoms with E-state index >= 15 is 0 Å². The third kappa shape index (κ3) is 2.79. The van der Waals surface area contributed by atoms with Crippen LogP contribution in [0.3, 0.4) is 0 Å². The number of carbonyl (C=O) groups excluding carboxylic acids is 2. The minimum atomic E-state index is -0.938. The molecule has 0 saturated carbocycles. The Morgan fingerprint density at radius 3 is 2.65 bits per heavy atom. The Morgan fingerprint density at radius 1 is 1.40 bits per heavy atom. The van der Waals surface area contributed by atoms with Gasteiger partial charge in [-0.1, -0.05) is 36.4 Å². The zero-order chi connectivity index (χ0) is 14.7. The van der Waals surface area contributed by atoms with Crippen molar-refractivity contribution < 1.29 is 14.3 Å². The van der Waals surface area contributed by atoms with E-state index in [0.717, 1.165) is 11.1 Å². The average molecular weight is 271 g/mol. The summed E-state index contributed by atoms with van der Waals surface area (Å²) in [6.45, 7) is 7.66. The van der Waals surface area contributed by atoms with Crippen LogP contribution in [-0.4, -0.2) is 18.4 Å². The number of benzene rings is 1. The fraction of sp³-hybridized carbons (Fsp3) is 0.250. The number of Topliss-reactive ketones (excluding diaryl/α,β-unsaturated/α-hetero) is 1. The van der Waals surface area contributed by atoms with Gasteiger partial charge in [0.25, 0.3) is 0 Å². The van der Waals surface area contributed by atoms with E-state index in [1.807, 2.05) is 31.2 Å². The van der Waals surface area contributed by atoms with E-state index in [1.165, 1.54) is 0 Å². The molecule has 0 spiro atoms. The van der Waals surface area contributed by atoms with Gasteiger partial charge in [-0.25, -0.2) is 0 Å². The second-order valence-electron chi connectivity index (χ2n) is 4.67. The highest BCUT2D eigenvalue weighted by Gasteiger charge is 2.39. The highest BCUT2D eigenvalue weighted by Crippen LogP contribution is 2.24. The van der Waals surface area contributed by atoms with Crippen LogP contribution < -0.4 is 5.32 Å². The van der Waals surface area contributed by atoms with E-state index < -0.39 is 11.9 Å². The zero-order valence-electron chi connectivity index (χ0n) is 11.6. The summed E-state index contributed by atoms with van der Waals surface area (Å²) in [4.78, 5) is 23.9. The molecule has 1 aromatic rings. The Labute approximate surface area is 118 Å². The summed E-state index contributed by atoms with van der Waals surface area (Å²) in [7, 11) is 0. The van der Waals surface area contributed by atoms with E-state index in [0.29, 0.717) is 11.4 Å². The minimum absolute atomic E-state index is 0.243. The Balaban J connectivity index is 2.23. The Morgan fingerprint density at radius 2 is 2.05 bits per heavy atom. The topological polar surface area (TPSA) is 55.4 Å². The lowest BCUT2D eigenvalue weighted by atomic mass is 10.0. The number of allylic oxidation sites excluding steroid dienone is 1. The Bertz CT molecular complexity index is 584. The predicted octanol–water partition coefficient (Wildman–Crippen LogP) is 2.20. The molecule has 104 valence electrons. The maximum absolute atomic E-state index is 12.2. The average Bonchev–Trinajstić information content (AvgIpc) is 2.67. The van der Waals surface area contributed by atoms with Crippen LogP contribution in [0.25, 0.3) is 6.08 Å². The maximum Gasteiger partial charge on any atom is 0.322 e. The van der Waals surface area contributed by atoms with Crippen LogP contribution >= 0.6 is 0 Å². The van der Waals surface area contributed by atoms with Gasteiger partial charge in [-0.3, -0.25) is 9.59 Å². The van der Waals surface area contributed by atoms with Gasteiger partial charge in [0.2, 0.25) is 0 Å². The van der Waals surface area contributed by atoms with Gasteiger partial charge in [0.1, 0.15) is 0 Å². The number of ether oxygens (including phenoxy) is 1. The van der Waals surface area contributed by atoms with Crippen molar-refractivity contribution in [1.29, 1.82) is 0 Å². The molecule has 0 amide bonds.